The quantitative estimate of drug-likeness (QED) is 0.545. The monoisotopic (exact) mass is 385 g/mol. The number of pyridine rings is 1. The molecule has 0 aliphatic heterocycles. The molecule has 0 bridgehead atoms. The van der Waals surface area contributed by atoms with Crippen LogP contribution in [0.2, 0.25) is 10.0 Å². The molecule has 0 saturated carbocycles. The average molecular weight is 386 g/mol. The second-order valence-electron chi connectivity index (χ2n) is 4.90. The summed E-state index contributed by atoms with van der Waals surface area (Å²) in [4.78, 5) is 4.25. The van der Waals surface area contributed by atoms with Crippen LogP contribution >= 0.6 is 47.2 Å². The largest absolute Gasteiger partial charge is 0.362 e. The predicted molar refractivity (Wildman–Crippen MR) is 106 cm³/mol. The molecule has 0 unspecified atom stereocenters. The lowest BCUT2D eigenvalue weighted by molar-refractivity contribution is 0.988. The Morgan fingerprint density at radius 2 is 2.04 bits per heavy atom. The zero-order chi connectivity index (χ0) is 16.7. The van der Waals surface area contributed by atoms with Gasteiger partial charge in [-0.25, -0.2) is 4.98 Å². The number of hydrogen-bond acceptors (Lipinski definition) is 3. The van der Waals surface area contributed by atoms with E-state index in [1.54, 1.807) is 18.0 Å². The molecule has 0 aliphatic carbocycles. The number of anilines is 1. The van der Waals surface area contributed by atoms with Crippen LogP contribution < -0.4 is 10.6 Å². The van der Waals surface area contributed by atoms with E-state index in [9.17, 15) is 0 Å². The van der Waals surface area contributed by atoms with Gasteiger partial charge in [0.15, 0.2) is 5.11 Å². The van der Waals surface area contributed by atoms with Crippen molar-refractivity contribution >= 4 is 58.1 Å². The minimum absolute atomic E-state index is 0.580. The van der Waals surface area contributed by atoms with E-state index in [-0.39, 0.29) is 0 Å². The third-order valence-corrected chi connectivity index (χ3v) is 4.95. The van der Waals surface area contributed by atoms with Crippen molar-refractivity contribution in [2.45, 2.75) is 12.7 Å². The van der Waals surface area contributed by atoms with Crippen LogP contribution in [-0.2, 0) is 5.75 Å². The van der Waals surface area contributed by atoms with E-state index in [4.69, 9.17) is 35.4 Å². The Labute approximate surface area is 156 Å². The molecule has 0 fully saturated rings. The fourth-order valence-corrected chi connectivity index (χ4v) is 3.09. The van der Waals surface area contributed by atoms with Crippen LogP contribution in [0.1, 0.15) is 11.1 Å². The lowest BCUT2D eigenvalue weighted by Gasteiger charge is -2.10. The van der Waals surface area contributed by atoms with Gasteiger partial charge in [0.2, 0.25) is 0 Å². The minimum Gasteiger partial charge on any atom is -0.362 e. The van der Waals surface area contributed by atoms with Gasteiger partial charge in [0, 0.05) is 24.2 Å². The van der Waals surface area contributed by atoms with Crippen LogP contribution in [0.5, 0.6) is 0 Å². The maximum atomic E-state index is 6.00. The number of nitrogens with one attached hydrogen (secondary N) is 2. The topological polar surface area (TPSA) is 37.0 Å². The van der Waals surface area contributed by atoms with Crippen molar-refractivity contribution < 1.29 is 0 Å². The number of aromatic nitrogens is 1. The molecular formula is C16H17Cl2N3S2. The summed E-state index contributed by atoms with van der Waals surface area (Å²) in [5.74, 6) is 2.57. The average Bonchev–Trinajstić information content (AvgIpc) is 2.53. The van der Waals surface area contributed by atoms with Gasteiger partial charge < -0.3 is 10.6 Å². The number of benzene rings is 1. The summed E-state index contributed by atoms with van der Waals surface area (Å²) < 4.78 is 0. The normalized spacial score (nSPS) is 10.4. The summed E-state index contributed by atoms with van der Waals surface area (Å²) in [6.45, 7) is 2.78. The van der Waals surface area contributed by atoms with Crippen molar-refractivity contribution in [1.82, 2.24) is 10.3 Å². The van der Waals surface area contributed by atoms with Crippen molar-refractivity contribution in [3.63, 3.8) is 0 Å². The summed E-state index contributed by atoms with van der Waals surface area (Å²) in [7, 11) is 0. The van der Waals surface area contributed by atoms with Gasteiger partial charge in [-0.2, -0.15) is 11.8 Å². The Balaban J connectivity index is 1.64. The Hall–Kier alpha value is -1.01. The molecule has 7 heteroatoms. The number of hydrogen-bond donors (Lipinski definition) is 2. The van der Waals surface area contributed by atoms with Crippen molar-refractivity contribution in [3.8, 4) is 0 Å². The Kier molecular flexibility index (Phi) is 7.43. The lowest BCUT2D eigenvalue weighted by atomic mass is 10.2. The van der Waals surface area contributed by atoms with Gasteiger partial charge in [-0.3, -0.25) is 0 Å². The van der Waals surface area contributed by atoms with Gasteiger partial charge in [0.25, 0.3) is 0 Å². The lowest BCUT2D eigenvalue weighted by Crippen LogP contribution is -2.30. The molecule has 2 aromatic rings. The first-order chi connectivity index (χ1) is 11.0. The van der Waals surface area contributed by atoms with E-state index in [0.29, 0.717) is 15.2 Å². The van der Waals surface area contributed by atoms with Gasteiger partial charge in [-0.05, 0) is 48.5 Å². The van der Waals surface area contributed by atoms with Crippen molar-refractivity contribution in [2.75, 3.05) is 17.6 Å². The molecule has 122 valence electrons. The van der Waals surface area contributed by atoms with Crippen molar-refractivity contribution in [2.24, 2.45) is 0 Å². The Bertz CT molecular complexity index is 663. The fourth-order valence-electron chi connectivity index (χ4n) is 1.76. The van der Waals surface area contributed by atoms with Crippen molar-refractivity contribution in [1.29, 1.82) is 0 Å². The molecule has 3 nitrogen and oxygen atoms in total. The maximum Gasteiger partial charge on any atom is 0.171 e. The second kappa shape index (κ2) is 9.33. The number of nitrogens with zero attached hydrogens (tertiary/aromatic N) is 1. The molecule has 1 aromatic heterocycles. The Morgan fingerprint density at radius 1 is 1.22 bits per heavy atom. The van der Waals surface area contributed by atoms with Crippen LogP contribution in [0.25, 0.3) is 0 Å². The highest BCUT2D eigenvalue weighted by molar-refractivity contribution is 7.98. The summed E-state index contributed by atoms with van der Waals surface area (Å²) in [5.41, 5.74) is 2.28. The zero-order valence-electron chi connectivity index (χ0n) is 12.6. The van der Waals surface area contributed by atoms with E-state index in [1.807, 2.05) is 37.3 Å². The van der Waals surface area contributed by atoms with Gasteiger partial charge in [-0.1, -0.05) is 35.3 Å². The van der Waals surface area contributed by atoms with Gasteiger partial charge in [-0.15, -0.1) is 0 Å². The molecule has 1 heterocycles. The summed E-state index contributed by atoms with van der Waals surface area (Å²) in [6.07, 6.45) is 1.80. The van der Waals surface area contributed by atoms with Crippen LogP contribution in [-0.4, -0.2) is 22.4 Å². The van der Waals surface area contributed by atoms with E-state index < -0.39 is 0 Å². The SMILES string of the molecule is Cc1ccc(NC(=S)NCCSCc2ccc(Cl)c(Cl)c2)nc1. The molecule has 2 N–H and O–H groups in total. The predicted octanol–water partition coefficient (Wildman–Crippen LogP) is 4.92. The number of thioether (sulfide) groups is 1. The molecule has 2 rings (SSSR count). The number of halogens is 2. The van der Waals surface area contributed by atoms with Crippen LogP contribution in [0.15, 0.2) is 36.5 Å². The Morgan fingerprint density at radius 3 is 2.74 bits per heavy atom. The first-order valence-corrected chi connectivity index (χ1v) is 9.35. The van der Waals surface area contributed by atoms with Crippen LogP contribution in [0.4, 0.5) is 5.82 Å². The first-order valence-electron chi connectivity index (χ1n) is 7.04. The van der Waals surface area contributed by atoms with Crippen molar-refractivity contribution in [3.05, 3.63) is 57.7 Å². The molecule has 23 heavy (non-hydrogen) atoms. The smallest absolute Gasteiger partial charge is 0.171 e. The minimum atomic E-state index is 0.580. The van der Waals surface area contributed by atoms with Gasteiger partial charge >= 0.3 is 0 Å². The van der Waals surface area contributed by atoms with E-state index in [0.717, 1.165) is 35.0 Å². The van der Waals surface area contributed by atoms with Crippen LogP contribution in [0, 0.1) is 6.92 Å². The van der Waals surface area contributed by atoms with E-state index >= 15 is 0 Å². The maximum absolute atomic E-state index is 6.00. The van der Waals surface area contributed by atoms with Gasteiger partial charge in [0.1, 0.15) is 5.82 Å². The standard InChI is InChI=1S/C16H17Cl2N3S2/c1-11-2-5-15(20-9-11)21-16(22)19-6-7-23-10-12-3-4-13(17)14(18)8-12/h2-5,8-9H,6-7,10H2,1H3,(H2,19,20,21,22). The zero-order valence-corrected chi connectivity index (χ0v) is 15.7. The molecule has 0 amide bonds. The van der Waals surface area contributed by atoms with E-state index in [1.165, 1.54) is 0 Å². The highest BCUT2D eigenvalue weighted by atomic mass is 35.5. The highest BCUT2D eigenvalue weighted by Gasteiger charge is 2.01. The molecule has 0 saturated heterocycles. The van der Waals surface area contributed by atoms with Crippen LogP contribution in [0.3, 0.4) is 0 Å². The fraction of sp³-hybridized carbons (Fsp3) is 0.250. The molecule has 0 spiro atoms. The molecule has 0 radical (unpaired) electrons. The summed E-state index contributed by atoms with van der Waals surface area (Å²) in [5, 5.41) is 7.99. The summed E-state index contributed by atoms with van der Waals surface area (Å²) in [6, 6.07) is 9.61. The third-order valence-electron chi connectivity index (χ3n) is 2.94. The third kappa shape index (κ3) is 6.55. The van der Waals surface area contributed by atoms with E-state index in [2.05, 4.69) is 15.6 Å². The van der Waals surface area contributed by atoms with Gasteiger partial charge in [0.05, 0.1) is 10.0 Å². The number of aryl methyl sites for hydroxylation is 1. The molecular weight excluding hydrogens is 369 g/mol. The highest BCUT2D eigenvalue weighted by Crippen LogP contribution is 2.24. The number of thiocarbonyl (C=S) groups is 1. The molecule has 1 aromatic carbocycles. The summed E-state index contributed by atoms with van der Waals surface area (Å²) >= 11 is 18.9. The first kappa shape index (κ1) is 18.3. The number of rotatable bonds is 6. The molecule has 0 atom stereocenters. The second-order valence-corrected chi connectivity index (χ2v) is 7.23. The molecule has 0 aliphatic rings.